The van der Waals surface area contributed by atoms with E-state index in [1.807, 2.05) is 0 Å². The number of rotatable bonds is 1. The van der Waals surface area contributed by atoms with E-state index in [0.717, 1.165) is 19.3 Å². The van der Waals surface area contributed by atoms with Gasteiger partial charge < -0.3 is 10.8 Å². The summed E-state index contributed by atoms with van der Waals surface area (Å²) in [5.74, 6) is -0.0490. The van der Waals surface area contributed by atoms with Crippen LogP contribution in [0.1, 0.15) is 19.3 Å². The van der Waals surface area contributed by atoms with E-state index in [4.69, 9.17) is 10.8 Å². The van der Waals surface area contributed by atoms with E-state index < -0.39 is 5.97 Å². The molecule has 70 valence electrons. The lowest BCUT2D eigenvalue weighted by molar-refractivity contribution is -0.144. The molecule has 12 heavy (non-hydrogen) atoms. The highest BCUT2D eigenvalue weighted by atomic mass is 35.5. The first kappa shape index (κ1) is 9.81. The van der Waals surface area contributed by atoms with Crippen molar-refractivity contribution in [2.24, 2.45) is 23.5 Å². The fourth-order valence-corrected chi connectivity index (χ4v) is 2.70. The molecule has 0 aromatic rings. The van der Waals surface area contributed by atoms with Gasteiger partial charge in [0.25, 0.3) is 0 Å². The largest absolute Gasteiger partial charge is 0.481 e. The first-order valence-corrected chi connectivity index (χ1v) is 4.18. The van der Waals surface area contributed by atoms with Gasteiger partial charge in [0.05, 0.1) is 5.92 Å². The Morgan fingerprint density at radius 1 is 1.33 bits per heavy atom. The first-order chi connectivity index (χ1) is 5.20. The first-order valence-electron chi connectivity index (χ1n) is 4.18. The molecule has 2 aliphatic rings. The van der Waals surface area contributed by atoms with Crippen LogP contribution in [-0.2, 0) is 4.79 Å². The molecular formula is C8H14ClNO2. The zero-order valence-corrected chi connectivity index (χ0v) is 7.59. The van der Waals surface area contributed by atoms with Crippen LogP contribution in [0.15, 0.2) is 0 Å². The third-order valence-electron chi connectivity index (χ3n) is 3.27. The molecule has 0 aliphatic heterocycles. The predicted molar refractivity (Wildman–Crippen MR) is 47.2 cm³/mol. The van der Waals surface area contributed by atoms with Gasteiger partial charge in [-0.05, 0) is 31.1 Å². The molecule has 2 fully saturated rings. The van der Waals surface area contributed by atoms with E-state index in [9.17, 15) is 4.79 Å². The van der Waals surface area contributed by atoms with E-state index in [0.29, 0.717) is 11.8 Å². The molecule has 2 saturated carbocycles. The molecule has 1 unspecified atom stereocenters. The zero-order chi connectivity index (χ0) is 8.01. The zero-order valence-electron chi connectivity index (χ0n) is 6.77. The molecule has 3 nitrogen and oxygen atoms in total. The summed E-state index contributed by atoms with van der Waals surface area (Å²) in [5.41, 5.74) is 5.78. The molecule has 0 aromatic heterocycles. The van der Waals surface area contributed by atoms with Crippen molar-refractivity contribution in [3.63, 3.8) is 0 Å². The minimum atomic E-state index is -0.690. The van der Waals surface area contributed by atoms with Crippen molar-refractivity contribution < 1.29 is 9.90 Å². The van der Waals surface area contributed by atoms with Gasteiger partial charge in [-0.1, -0.05) is 0 Å². The van der Waals surface area contributed by atoms with Gasteiger partial charge in [-0.15, -0.1) is 12.4 Å². The van der Waals surface area contributed by atoms with E-state index >= 15 is 0 Å². The van der Waals surface area contributed by atoms with Gasteiger partial charge in [0.15, 0.2) is 0 Å². The van der Waals surface area contributed by atoms with Gasteiger partial charge in [0.2, 0.25) is 0 Å². The number of carbonyl (C=O) groups is 1. The van der Waals surface area contributed by atoms with Crippen LogP contribution in [0.4, 0.5) is 0 Å². The van der Waals surface area contributed by atoms with Gasteiger partial charge in [-0.2, -0.15) is 0 Å². The molecule has 2 bridgehead atoms. The summed E-state index contributed by atoms with van der Waals surface area (Å²) in [5, 5.41) is 8.83. The second kappa shape index (κ2) is 3.23. The highest BCUT2D eigenvalue weighted by Crippen LogP contribution is 2.47. The van der Waals surface area contributed by atoms with Crippen molar-refractivity contribution in [1.82, 2.24) is 0 Å². The second-order valence-corrected chi connectivity index (χ2v) is 3.77. The monoisotopic (exact) mass is 191 g/mol. The van der Waals surface area contributed by atoms with E-state index in [2.05, 4.69) is 0 Å². The average Bonchev–Trinajstić information content (AvgIpc) is 2.44. The SMILES string of the molecule is Cl.N[C@H]1C(C(=O)O)[C@@H]2CC[C@H]1C2. The van der Waals surface area contributed by atoms with Crippen molar-refractivity contribution in [2.75, 3.05) is 0 Å². The predicted octanol–water partition coefficient (Wildman–Crippen LogP) is 0.866. The van der Waals surface area contributed by atoms with E-state index in [-0.39, 0.29) is 24.4 Å². The summed E-state index contributed by atoms with van der Waals surface area (Å²) in [6.45, 7) is 0. The highest BCUT2D eigenvalue weighted by Gasteiger charge is 2.49. The lowest BCUT2D eigenvalue weighted by Crippen LogP contribution is -2.40. The molecule has 4 atom stereocenters. The molecule has 2 rings (SSSR count). The molecule has 2 aliphatic carbocycles. The van der Waals surface area contributed by atoms with Crippen molar-refractivity contribution >= 4 is 18.4 Å². The number of hydrogen-bond donors (Lipinski definition) is 2. The van der Waals surface area contributed by atoms with Crippen molar-refractivity contribution in [2.45, 2.75) is 25.3 Å². The van der Waals surface area contributed by atoms with Crippen LogP contribution in [0.5, 0.6) is 0 Å². The van der Waals surface area contributed by atoms with Gasteiger partial charge in [0.1, 0.15) is 0 Å². The third-order valence-corrected chi connectivity index (χ3v) is 3.27. The Morgan fingerprint density at radius 3 is 2.25 bits per heavy atom. The molecule has 0 radical (unpaired) electrons. The summed E-state index contributed by atoms with van der Waals surface area (Å²) < 4.78 is 0. The van der Waals surface area contributed by atoms with Gasteiger partial charge in [-0.25, -0.2) is 0 Å². The van der Waals surface area contributed by atoms with Crippen LogP contribution in [0.25, 0.3) is 0 Å². The number of nitrogens with two attached hydrogens (primary N) is 1. The second-order valence-electron chi connectivity index (χ2n) is 3.77. The Bertz CT molecular complexity index is 195. The van der Waals surface area contributed by atoms with Crippen LogP contribution in [0.3, 0.4) is 0 Å². The molecule has 0 amide bonds. The maximum absolute atomic E-state index is 10.7. The minimum absolute atomic E-state index is 0. The topological polar surface area (TPSA) is 63.3 Å². The summed E-state index contributed by atoms with van der Waals surface area (Å²) >= 11 is 0. The minimum Gasteiger partial charge on any atom is -0.481 e. The van der Waals surface area contributed by atoms with E-state index in [1.54, 1.807) is 0 Å². The average molecular weight is 192 g/mol. The van der Waals surface area contributed by atoms with Crippen LogP contribution >= 0.6 is 12.4 Å². The number of carboxylic acids is 1. The van der Waals surface area contributed by atoms with Crippen LogP contribution in [0, 0.1) is 17.8 Å². The van der Waals surface area contributed by atoms with Crippen LogP contribution in [0.2, 0.25) is 0 Å². The quantitative estimate of drug-likeness (QED) is 0.647. The molecule has 4 heteroatoms. The molecule has 0 aromatic carbocycles. The Kier molecular flexibility index (Phi) is 2.64. The molecule has 0 heterocycles. The van der Waals surface area contributed by atoms with Crippen LogP contribution in [-0.4, -0.2) is 17.1 Å². The number of halogens is 1. The van der Waals surface area contributed by atoms with Gasteiger partial charge in [0, 0.05) is 6.04 Å². The van der Waals surface area contributed by atoms with Crippen molar-refractivity contribution in [1.29, 1.82) is 0 Å². The number of aliphatic carboxylic acids is 1. The van der Waals surface area contributed by atoms with Crippen LogP contribution < -0.4 is 5.73 Å². The Hall–Kier alpha value is -0.280. The van der Waals surface area contributed by atoms with Gasteiger partial charge >= 0.3 is 5.97 Å². The van der Waals surface area contributed by atoms with Gasteiger partial charge in [-0.3, -0.25) is 4.79 Å². The van der Waals surface area contributed by atoms with Crippen molar-refractivity contribution in [3.05, 3.63) is 0 Å². The number of fused-ring (bicyclic) bond motifs is 2. The standard InChI is InChI=1S/C8H13NO2.ClH/c9-7-5-2-1-4(3-5)6(7)8(10)11;/h4-7H,1-3,9H2,(H,10,11);1H/t4-,5+,6?,7-;/m1./s1. The third kappa shape index (κ3) is 1.21. The summed E-state index contributed by atoms with van der Waals surface area (Å²) in [6.07, 6.45) is 3.28. The highest BCUT2D eigenvalue weighted by molar-refractivity contribution is 5.85. The summed E-state index contributed by atoms with van der Waals surface area (Å²) in [6, 6.07) is -0.0637. The molecule has 0 saturated heterocycles. The normalized spacial score (nSPS) is 44.1. The fraction of sp³-hybridized carbons (Fsp3) is 0.875. The van der Waals surface area contributed by atoms with Crippen molar-refractivity contribution in [3.8, 4) is 0 Å². The number of hydrogen-bond acceptors (Lipinski definition) is 2. The number of carboxylic acid groups (broad SMARTS) is 1. The Balaban J connectivity index is 0.000000720. The van der Waals surface area contributed by atoms with E-state index in [1.165, 1.54) is 0 Å². The molecular weight excluding hydrogens is 178 g/mol. The maximum Gasteiger partial charge on any atom is 0.308 e. The molecule has 3 N–H and O–H groups in total. The lowest BCUT2D eigenvalue weighted by Gasteiger charge is -2.23. The summed E-state index contributed by atoms with van der Waals surface area (Å²) in [4.78, 5) is 10.7. The summed E-state index contributed by atoms with van der Waals surface area (Å²) in [7, 11) is 0. The Labute approximate surface area is 77.7 Å². The Morgan fingerprint density at radius 2 is 1.92 bits per heavy atom. The maximum atomic E-state index is 10.7. The molecule has 0 spiro atoms. The smallest absolute Gasteiger partial charge is 0.308 e. The lowest BCUT2D eigenvalue weighted by atomic mass is 9.85. The fourth-order valence-electron chi connectivity index (χ4n) is 2.70.